The second-order valence-electron chi connectivity index (χ2n) is 7.57. The number of furan rings is 2. The third-order valence-corrected chi connectivity index (χ3v) is 6.27. The summed E-state index contributed by atoms with van der Waals surface area (Å²) >= 11 is 1.52. The second kappa shape index (κ2) is 10.4. The van der Waals surface area contributed by atoms with Gasteiger partial charge in [0.1, 0.15) is 11.5 Å². The zero-order chi connectivity index (χ0) is 24.0. The molecule has 0 bridgehead atoms. The molecule has 0 saturated heterocycles. The maximum Gasteiger partial charge on any atom is 0.251 e. The molecule has 8 nitrogen and oxygen atoms in total. The normalized spacial score (nSPS) is 10.9. The maximum absolute atomic E-state index is 12.6. The molecule has 0 spiro atoms. The van der Waals surface area contributed by atoms with E-state index in [2.05, 4.69) is 15.5 Å². The first kappa shape index (κ1) is 22.5. The topological polar surface area (TPSA) is 95.3 Å². The summed E-state index contributed by atoms with van der Waals surface area (Å²) in [6.07, 6.45) is 3.19. The van der Waals surface area contributed by atoms with Crippen molar-refractivity contribution in [3.8, 4) is 23.0 Å². The molecule has 0 aliphatic rings. The number of aromatic nitrogens is 3. The first-order valence-electron chi connectivity index (χ1n) is 10.9. The van der Waals surface area contributed by atoms with E-state index in [1.165, 1.54) is 11.8 Å². The van der Waals surface area contributed by atoms with Crippen molar-refractivity contribution in [3.05, 3.63) is 102 Å². The first-order valence-corrected chi connectivity index (χ1v) is 11.9. The molecule has 5 rings (SSSR count). The van der Waals surface area contributed by atoms with Gasteiger partial charge in [-0.3, -0.25) is 9.36 Å². The number of hydrogen-bond acceptors (Lipinski definition) is 7. The molecule has 0 aliphatic heterocycles. The molecule has 1 amide bonds. The lowest BCUT2D eigenvalue weighted by molar-refractivity contribution is 0.0948. The molecule has 3 heterocycles. The van der Waals surface area contributed by atoms with Gasteiger partial charge in [0.05, 0.1) is 31.9 Å². The van der Waals surface area contributed by atoms with E-state index in [0.29, 0.717) is 40.4 Å². The monoisotopic (exact) mass is 486 g/mol. The first-order chi connectivity index (χ1) is 17.2. The van der Waals surface area contributed by atoms with Crippen LogP contribution >= 0.6 is 11.8 Å². The number of methoxy groups -OCH3 is 1. The van der Waals surface area contributed by atoms with Gasteiger partial charge < -0.3 is 18.9 Å². The van der Waals surface area contributed by atoms with Crippen molar-refractivity contribution in [1.82, 2.24) is 20.1 Å². The van der Waals surface area contributed by atoms with Crippen LogP contribution in [0.1, 0.15) is 21.7 Å². The number of benzene rings is 2. The number of amides is 1. The molecule has 0 atom stereocenters. The largest absolute Gasteiger partial charge is 0.497 e. The molecule has 5 aromatic rings. The van der Waals surface area contributed by atoms with Crippen LogP contribution in [0.25, 0.3) is 17.3 Å². The number of nitrogens with one attached hydrogen (secondary N) is 1. The van der Waals surface area contributed by atoms with Crippen LogP contribution in [0.15, 0.2) is 99.3 Å². The number of thioether (sulfide) groups is 1. The van der Waals surface area contributed by atoms with E-state index in [-0.39, 0.29) is 5.91 Å². The zero-order valence-electron chi connectivity index (χ0n) is 18.9. The lowest BCUT2D eigenvalue weighted by Crippen LogP contribution is -2.22. The third-order valence-electron chi connectivity index (χ3n) is 5.27. The Bertz CT molecular complexity index is 1390. The Hall–Kier alpha value is -4.24. The molecule has 0 aliphatic carbocycles. The van der Waals surface area contributed by atoms with Crippen molar-refractivity contribution < 1.29 is 18.4 Å². The quantitative estimate of drug-likeness (QED) is 0.281. The summed E-state index contributed by atoms with van der Waals surface area (Å²) in [5, 5.41) is 12.4. The van der Waals surface area contributed by atoms with Gasteiger partial charge in [-0.05, 0) is 66.2 Å². The summed E-state index contributed by atoms with van der Waals surface area (Å²) in [7, 11) is 1.63. The van der Waals surface area contributed by atoms with Crippen LogP contribution in [0.5, 0.6) is 5.75 Å². The summed E-state index contributed by atoms with van der Waals surface area (Å²) < 4.78 is 18.1. The Morgan fingerprint density at radius 2 is 1.83 bits per heavy atom. The van der Waals surface area contributed by atoms with Crippen LogP contribution < -0.4 is 10.1 Å². The van der Waals surface area contributed by atoms with Gasteiger partial charge >= 0.3 is 0 Å². The van der Waals surface area contributed by atoms with E-state index in [1.54, 1.807) is 31.8 Å². The van der Waals surface area contributed by atoms with Gasteiger partial charge in [-0.2, -0.15) is 0 Å². The zero-order valence-corrected chi connectivity index (χ0v) is 19.7. The minimum atomic E-state index is -0.158. The van der Waals surface area contributed by atoms with Crippen LogP contribution in [-0.2, 0) is 12.3 Å². The maximum atomic E-state index is 12.6. The second-order valence-corrected chi connectivity index (χ2v) is 8.51. The van der Waals surface area contributed by atoms with Crippen LogP contribution in [-0.4, -0.2) is 27.8 Å². The number of carbonyl (C=O) groups excluding carboxylic acids is 1. The smallest absolute Gasteiger partial charge is 0.251 e. The predicted molar refractivity (Wildman–Crippen MR) is 131 cm³/mol. The number of ether oxygens (including phenoxy) is 1. The minimum Gasteiger partial charge on any atom is -0.497 e. The van der Waals surface area contributed by atoms with Crippen molar-refractivity contribution in [1.29, 1.82) is 0 Å². The SMILES string of the molecule is COc1ccc(-n2c(SCc3cccc(C(=O)NCc4ccco4)c3)nnc2-c2ccco2)cc1. The van der Waals surface area contributed by atoms with Crippen molar-refractivity contribution in [2.45, 2.75) is 17.5 Å². The molecule has 3 aromatic heterocycles. The van der Waals surface area contributed by atoms with E-state index < -0.39 is 0 Å². The number of carbonyl (C=O) groups is 1. The number of hydrogen-bond donors (Lipinski definition) is 1. The Morgan fingerprint density at radius 1 is 1.00 bits per heavy atom. The van der Waals surface area contributed by atoms with Crippen molar-refractivity contribution in [2.75, 3.05) is 7.11 Å². The van der Waals surface area contributed by atoms with E-state index in [9.17, 15) is 4.79 Å². The predicted octanol–water partition coefficient (Wildman–Crippen LogP) is 5.35. The molecule has 35 heavy (non-hydrogen) atoms. The lowest BCUT2D eigenvalue weighted by Gasteiger charge is -2.10. The van der Waals surface area contributed by atoms with Gasteiger partial charge in [0.25, 0.3) is 5.91 Å². The number of rotatable bonds is 9. The van der Waals surface area contributed by atoms with Gasteiger partial charge in [0.15, 0.2) is 10.9 Å². The fraction of sp³-hybridized carbons (Fsp3) is 0.115. The fourth-order valence-corrected chi connectivity index (χ4v) is 4.42. The van der Waals surface area contributed by atoms with E-state index >= 15 is 0 Å². The van der Waals surface area contributed by atoms with Crippen LogP contribution in [0, 0.1) is 0 Å². The fourth-order valence-electron chi connectivity index (χ4n) is 3.53. The molecule has 1 N–H and O–H groups in total. The molecule has 0 saturated carbocycles. The molecular formula is C26H22N4O4S. The van der Waals surface area contributed by atoms with Gasteiger partial charge in [0.2, 0.25) is 5.82 Å². The van der Waals surface area contributed by atoms with E-state index in [1.807, 2.05) is 65.2 Å². The van der Waals surface area contributed by atoms with Gasteiger partial charge in [0, 0.05) is 11.3 Å². The standard InChI is InChI=1S/C26H22N4O4S/c1-32-21-11-9-20(10-12-21)30-24(23-8-4-14-34-23)28-29-26(30)35-17-18-5-2-6-19(15-18)25(31)27-16-22-7-3-13-33-22/h2-15H,16-17H2,1H3,(H,27,31). The van der Waals surface area contributed by atoms with Gasteiger partial charge in [-0.15, -0.1) is 10.2 Å². The van der Waals surface area contributed by atoms with Crippen molar-refractivity contribution >= 4 is 17.7 Å². The van der Waals surface area contributed by atoms with Crippen molar-refractivity contribution in [3.63, 3.8) is 0 Å². The highest BCUT2D eigenvalue weighted by Crippen LogP contribution is 2.30. The number of nitrogens with zero attached hydrogens (tertiary/aromatic N) is 3. The van der Waals surface area contributed by atoms with Crippen LogP contribution in [0.3, 0.4) is 0 Å². The summed E-state index contributed by atoms with van der Waals surface area (Å²) in [5.41, 5.74) is 2.46. The van der Waals surface area contributed by atoms with E-state index in [0.717, 1.165) is 17.0 Å². The molecular weight excluding hydrogens is 464 g/mol. The summed E-state index contributed by atoms with van der Waals surface area (Å²) in [6.45, 7) is 0.339. The summed E-state index contributed by atoms with van der Waals surface area (Å²) in [5.74, 6) is 3.14. The Labute approximate surface area is 205 Å². The van der Waals surface area contributed by atoms with Crippen LogP contribution in [0.2, 0.25) is 0 Å². The molecule has 0 unspecified atom stereocenters. The van der Waals surface area contributed by atoms with Crippen LogP contribution in [0.4, 0.5) is 0 Å². The highest BCUT2D eigenvalue weighted by atomic mass is 32.2. The Morgan fingerprint density at radius 3 is 2.57 bits per heavy atom. The highest BCUT2D eigenvalue weighted by Gasteiger charge is 2.18. The Balaban J connectivity index is 1.35. The molecule has 9 heteroatoms. The van der Waals surface area contributed by atoms with Gasteiger partial charge in [-0.1, -0.05) is 23.9 Å². The Kier molecular flexibility index (Phi) is 6.67. The van der Waals surface area contributed by atoms with E-state index in [4.69, 9.17) is 13.6 Å². The molecule has 176 valence electrons. The summed E-state index contributed by atoms with van der Waals surface area (Å²) in [4.78, 5) is 12.6. The summed E-state index contributed by atoms with van der Waals surface area (Å²) in [6, 6.07) is 22.5. The third kappa shape index (κ3) is 5.15. The molecule has 2 aromatic carbocycles. The minimum absolute atomic E-state index is 0.158. The molecule has 0 radical (unpaired) electrons. The van der Waals surface area contributed by atoms with Crippen molar-refractivity contribution in [2.24, 2.45) is 0 Å². The lowest BCUT2D eigenvalue weighted by atomic mass is 10.1. The van der Waals surface area contributed by atoms with Gasteiger partial charge in [-0.25, -0.2) is 0 Å². The average molecular weight is 487 g/mol. The molecule has 0 fully saturated rings. The average Bonchev–Trinajstić information content (AvgIpc) is 3.68. The highest BCUT2D eigenvalue weighted by molar-refractivity contribution is 7.98.